The van der Waals surface area contributed by atoms with Crippen molar-refractivity contribution in [2.24, 2.45) is 5.92 Å². The molecule has 0 radical (unpaired) electrons. The number of hydrogen-bond acceptors (Lipinski definition) is 6. The highest BCUT2D eigenvalue weighted by Crippen LogP contribution is 2.48. The summed E-state index contributed by atoms with van der Waals surface area (Å²) in [5, 5.41) is 1.63. The number of carbonyl (C=O) groups is 2. The maximum absolute atomic E-state index is 13.8. The van der Waals surface area contributed by atoms with Crippen molar-refractivity contribution in [2.75, 3.05) is 16.6 Å². The summed E-state index contributed by atoms with van der Waals surface area (Å²) in [6.07, 6.45) is -1.03. The Labute approximate surface area is 231 Å². The molecule has 0 saturated carbocycles. The fourth-order valence-corrected chi connectivity index (χ4v) is 5.23. The number of amides is 2. The number of fused-ring (bicyclic) bond motifs is 1. The number of ether oxygens (including phenoxy) is 2. The summed E-state index contributed by atoms with van der Waals surface area (Å²) in [5.41, 5.74) is 2.76. The number of rotatable bonds is 8. The van der Waals surface area contributed by atoms with E-state index in [4.69, 9.17) is 14.3 Å². The van der Waals surface area contributed by atoms with Gasteiger partial charge >= 0.3 is 0 Å². The molecule has 4 aromatic carbocycles. The van der Waals surface area contributed by atoms with Crippen molar-refractivity contribution < 1.29 is 28.3 Å². The van der Waals surface area contributed by atoms with Gasteiger partial charge in [-0.1, -0.05) is 54.6 Å². The lowest BCUT2D eigenvalue weighted by molar-refractivity contribution is -0.126. The molecule has 2 aliphatic rings. The highest BCUT2D eigenvalue weighted by Gasteiger charge is 2.60. The Morgan fingerprint density at radius 2 is 1.48 bits per heavy atom. The molecule has 2 saturated heterocycles. The van der Waals surface area contributed by atoms with Gasteiger partial charge in [0.1, 0.15) is 18.3 Å². The average molecular weight is 539 g/mol. The van der Waals surface area contributed by atoms with Crippen LogP contribution < -0.4 is 19.4 Å². The minimum atomic E-state index is -1.03. The number of hydroxylamine groups is 1. The number of benzene rings is 4. The molecule has 2 heterocycles. The van der Waals surface area contributed by atoms with E-state index >= 15 is 0 Å². The lowest BCUT2D eigenvalue weighted by atomic mass is 9.90. The van der Waals surface area contributed by atoms with E-state index in [0.29, 0.717) is 36.1 Å². The summed E-state index contributed by atoms with van der Waals surface area (Å²) in [6, 6.07) is 29.3. The monoisotopic (exact) mass is 538 g/mol. The molecular weight excluding hydrogens is 511 g/mol. The maximum Gasteiger partial charge on any atom is 0.266 e. The Bertz CT molecular complexity index is 1510. The second-order valence-corrected chi connectivity index (χ2v) is 9.56. The van der Waals surface area contributed by atoms with Crippen LogP contribution in [0.2, 0.25) is 0 Å². The topological polar surface area (TPSA) is 68.3 Å². The summed E-state index contributed by atoms with van der Waals surface area (Å²) >= 11 is 0. The van der Waals surface area contributed by atoms with E-state index in [1.54, 1.807) is 5.06 Å². The quantitative estimate of drug-likeness (QED) is 0.262. The number of halogens is 1. The number of para-hydroxylation sites is 1. The summed E-state index contributed by atoms with van der Waals surface area (Å²) in [4.78, 5) is 34.6. The van der Waals surface area contributed by atoms with Crippen LogP contribution >= 0.6 is 0 Å². The zero-order valence-corrected chi connectivity index (χ0v) is 21.8. The minimum absolute atomic E-state index is 0.305. The molecule has 0 unspecified atom stereocenters. The molecule has 40 heavy (non-hydrogen) atoms. The van der Waals surface area contributed by atoms with E-state index < -0.39 is 35.7 Å². The summed E-state index contributed by atoms with van der Waals surface area (Å²) in [7, 11) is 0. The largest absolute Gasteiger partial charge is 0.490 e. The van der Waals surface area contributed by atoms with E-state index in [1.165, 1.54) is 24.3 Å². The Hall–Kier alpha value is -4.69. The lowest BCUT2D eigenvalue weighted by Gasteiger charge is -2.29. The van der Waals surface area contributed by atoms with Crippen LogP contribution in [0.3, 0.4) is 0 Å². The maximum atomic E-state index is 13.8. The van der Waals surface area contributed by atoms with Crippen molar-refractivity contribution in [3.8, 4) is 11.5 Å². The van der Waals surface area contributed by atoms with Crippen LogP contribution in [0, 0.1) is 11.7 Å². The van der Waals surface area contributed by atoms with Crippen LogP contribution in [0.5, 0.6) is 11.5 Å². The van der Waals surface area contributed by atoms with Crippen LogP contribution in [0.25, 0.3) is 0 Å². The van der Waals surface area contributed by atoms with Crippen LogP contribution in [0.4, 0.5) is 15.8 Å². The molecule has 7 nitrogen and oxygen atoms in total. The summed E-state index contributed by atoms with van der Waals surface area (Å²) < 4.78 is 25.6. The Kier molecular flexibility index (Phi) is 6.92. The molecule has 0 spiro atoms. The van der Waals surface area contributed by atoms with Gasteiger partial charge in [-0.25, -0.2) is 14.4 Å². The molecule has 0 N–H and O–H groups in total. The van der Waals surface area contributed by atoms with Gasteiger partial charge in [-0.2, -0.15) is 0 Å². The SMILES string of the molecule is CCOc1cc([C@@H]2[C@H]3C(=O)N(c4ccc(F)cc4)C(=O)[C@H]3ON2c2ccccc2)ccc1OCc1ccccc1. The number of anilines is 2. The molecule has 6 rings (SSSR count). The van der Waals surface area contributed by atoms with Gasteiger partial charge in [-0.15, -0.1) is 0 Å². The number of hydrogen-bond donors (Lipinski definition) is 0. The van der Waals surface area contributed by atoms with Gasteiger partial charge in [0.25, 0.3) is 5.91 Å². The molecule has 0 aliphatic carbocycles. The van der Waals surface area contributed by atoms with Crippen molar-refractivity contribution in [1.82, 2.24) is 0 Å². The van der Waals surface area contributed by atoms with Gasteiger partial charge in [0.15, 0.2) is 17.6 Å². The van der Waals surface area contributed by atoms with E-state index in [0.717, 1.165) is 16.0 Å². The summed E-state index contributed by atoms with van der Waals surface area (Å²) in [6.45, 7) is 2.67. The average Bonchev–Trinajstić information content (AvgIpc) is 3.49. The third-order valence-corrected chi connectivity index (χ3v) is 7.06. The van der Waals surface area contributed by atoms with Crippen molar-refractivity contribution in [3.63, 3.8) is 0 Å². The molecule has 2 aliphatic heterocycles. The molecule has 8 heteroatoms. The first-order valence-electron chi connectivity index (χ1n) is 13.1. The Morgan fingerprint density at radius 1 is 0.775 bits per heavy atom. The van der Waals surface area contributed by atoms with Gasteiger partial charge in [-0.05, 0) is 66.6 Å². The van der Waals surface area contributed by atoms with Gasteiger partial charge in [0.05, 0.1) is 24.0 Å². The predicted octanol–water partition coefficient (Wildman–Crippen LogP) is 5.85. The lowest BCUT2D eigenvalue weighted by Crippen LogP contribution is -2.37. The predicted molar refractivity (Wildman–Crippen MR) is 147 cm³/mol. The smallest absolute Gasteiger partial charge is 0.266 e. The molecule has 202 valence electrons. The van der Waals surface area contributed by atoms with Crippen molar-refractivity contribution >= 4 is 23.2 Å². The third-order valence-electron chi connectivity index (χ3n) is 7.06. The zero-order valence-electron chi connectivity index (χ0n) is 21.8. The Morgan fingerprint density at radius 3 is 2.17 bits per heavy atom. The standard InChI is InChI=1S/C32H27FN2O5/c1-2-38-27-19-22(13-18-26(27)39-20-21-9-5-3-6-10-21)29-28-30(40-35(29)25-11-7-4-8-12-25)32(37)34(31(28)36)24-16-14-23(33)15-17-24/h3-19,28-30H,2,20H2,1H3/t28-,29-,30+/m1/s1. The minimum Gasteiger partial charge on any atom is -0.490 e. The fraction of sp³-hybridized carbons (Fsp3) is 0.188. The number of nitrogens with zero attached hydrogens (tertiary/aromatic N) is 2. The molecule has 2 fully saturated rings. The molecule has 0 aromatic heterocycles. The number of carbonyl (C=O) groups excluding carboxylic acids is 2. The zero-order chi connectivity index (χ0) is 27.6. The van der Waals surface area contributed by atoms with E-state index in [1.807, 2.05) is 85.8 Å². The van der Waals surface area contributed by atoms with Crippen LogP contribution in [-0.4, -0.2) is 24.5 Å². The molecular formula is C32H27FN2O5. The molecule has 4 aromatic rings. The Balaban J connectivity index is 1.37. The van der Waals surface area contributed by atoms with Crippen LogP contribution in [0.1, 0.15) is 24.1 Å². The second-order valence-electron chi connectivity index (χ2n) is 9.56. The van der Waals surface area contributed by atoms with Crippen molar-refractivity contribution in [1.29, 1.82) is 0 Å². The summed E-state index contributed by atoms with van der Waals surface area (Å²) in [5.74, 6) is -1.09. The highest BCUT2D eigenvalue weighted by atomic mass is 19.1. The third kappa shape index (κ3) is 4.67. The van der Waals surface area contributed by atoms with Gasteiger partial charge in [0, 0.05) is 0 Å². The van der Waals surface area contributed by atoms with Crippen LogP contribution in [-0.2, 0) is 21.0 Å². The van der Waals surface area contributed by atoms with Crippen LogP contribution in [0.15, 0.2) is 103 Å². The first-order chi connectivity index (χ1) is 19.5. The van der Waals surface area contributed by atoms with E-state index in [2.05, 4.69) is 0 Å². The van der Waals surface area contributed by atoms with E-state index in [9.17, 15) is 14.0 Å². The fourth-order valence-electron chi connectivity index (χ4n) is 5.23. The highest BCUT2D eigenvalue weighted by molar-refractivity contribution is 6.23. The second kappa shape index (κ2) is 10.8. The van der Waals surface area contributed by atoms with Crippen molar-refractivity contribution in [3.05, 3.63) is 120 Å². The van der Waals surface area contributed by atoms with Gasteiger partial charge < -0.3 is 9.47 Å². The first-order valence-corrected chi connectivity index (χ1v) is 13.1. The van der Waals surface area contributed by atoms with Gasteiger partial charge in [-0.3, -0.25) is 14.4 Å². The molecule has 3 atom stereocenters. The van der Waals surface area contributed by atoms with Crippen molar-refractivity contribution in [2.45, 2.75) is 25.7 Å². The normalized spacial score (nSPS) is 20.1. The molecule has 0 bridgehead atoms. The van der Waals surface area contributed by atoms with Gasteiger partial charge in [0.2, 0.25) is 5.91 Å². The first kappa shape index (κ1) is 25.6. The molecule has 2 amide bonds. The van der Waals surface area contributed by atoms with E-state index in [-0.39, 0.29) is 0 Å². The number of imide groups is 1.